The van der Waals surface area contributed by atoms with Gasteiger partial charge in [-0.3, -0.25) is 4.98 Å². The topological polar surface area (TPSA) is 24.9 Å². The number of nitrogens with one attached hydrogen (secondary N) is 1. The van der Waals surface area contributed by atoms with Crippen LogP contribution < -0.4 is 5.32 Å². The third kappa shape index (κ3) is 2.50. The highest BCUT2D eigenvalue weighted by Crippen LogP contribution is 2.51. The molecule has 0 aliphatic heterocycles. The standard InChI is InChI=1S/C17H22N2/c1-13(2)17(8-9-17)12-18-11-15-6-3-5-14-7-4-10-19-16(14)15/h3-7,10,13,18H,8-9,11-12H2,1-2H3. The van der Waals surface area contributed by atoms with Crippen LogP contribution in [0.1, 0.15) is 32.3 Å². The number of rotatable bonds is 5. The van der Waals surface area contributed by atoms with Gasteiger partial charge >= 0.3 is 0 Å². The van der Waals surface area contributed by atoms with E-state index in [1.165, 1.54) is 23.8 Å². The average molecular weight is 254 g/mol. The number of aromatic nitrogens is 1. The van der Waals surface area contributed by atoms with Crippen LogP contribution in [0.5, 0.6) is 0 Å². The molecule has 0 atom stereocenters. The molecular formula is C17H22N2. The molecule has 2 heteroatoms. The van der Waals surface area contributed by atoms with Crippen LogP contribution in [0.3, 0.4) is 0 Å². The van der Waals surface area contributed by atoms with E-state index in [1.54, 1.807) is 0 Å². The highest BCUT2D eigenvalue weighted by Gasteiger charge is 2.44. The fraction of sp³-hybridized carbons (Fsp3) is 0.471. The van der Waals surface area contributed by atoms with E-state index in [1.807, 2.05) is 12.3 Å². The first-order valence-corrected chi connectivity index (χ1v) is 7.25. The maximum atomic E-state index is 4.51. The van der Waals surface area contributed by atoms with E-state index < -0.39 is 0 Å². The molecule has 3 rings (SSSR count). The molecule has 0 bridgehead atoms. The zero-order valence-electron chi connectivity index (χ0n) is 11.8. The molecule has 0 radical (unpaired) electrons. The SMILES string of the molecule is CC(C)C1(CNCc2cccc3cccnc23)CC1. The highest BCUT2D eigenvalue weighted by molar-refractivity contribution is 5.81. The summed E-state index contributed by atoms with van der Waals surface area (Å²) in [5.41, 5.74) is 3.00. The van der Waals surface area contributed by atoms with Crippen molar-refractivity contribution in [2.45, 2.75) is 33.2 Å². The quantitative estimate of drug-likeness (QED) is 0.878. The Balaban J connectivity index is 1.69. The first kappa shape index (κ1) is 12.6. The molecule has 0 saturated heterocycles. The summed E-state index contributed by atoms with van der Waals surface area (Å²) in [6.07, 6.45) is 4.64. The summed E-state index contributed by atoms with van der Waals surface area (Å²) in [6.45, 7) is 6.74. The van der Waals surface area contributed by atoms with E-state index in [0.29, 0.717) is 5.41 Å². The maximum Gasteiger partial charge on any atom is 0.0746 e. The van der Waals surface area contributed by atoms with Crippen molar-refractivity contribution >= 4 is 10.9 Å². The lowest BCUT2D eigenvalue weighted by atomic mass is 9.92. The highest BCUT2D eigenvalue weighted by atomic mass is 14.9. The van der Waals surface area contributed by atoms with Crippen molar-refractivity contribution in [3.05, 3.63) is 42.1 Å². The fourth-order valence-corrected chi connectivity index (χ4v) is 2.87. The van der Waals surface area contributed by atoms with Gasteiger partial charge in [0.2, 0.25) is 0 Å². The molecule has 2 aromatic rings. The average Bonchev–Trinajstić information content (AvgIpc) is 3.20. The van der Waals surface area contributed by atoms with Gasteiger partial charge in [0.05, 0.1) is 5.52 Å². The lowest BCUT2D eigenvalue weighted by molar-refractivity contribution is 0.338. The van der Waals surface area contributed by atoms with Gasteiger partial charge in [0.1, 0.15) is 0 Å². The number of hydrogen-bond donors (Lipinski definition) is 1. The Morgan fingerprint density at radius 3 is 2.74 bits per heavy atom. The van der Waals surface area contributed by atoms with Crippen molar-refractivity contribution in [2.24, 2.45) is 11.3 Å². The molecule has 1 saturated carbocycles. The molecule has 1 aromatic heterocycles. The Morgan fingerprint density at radius 1 is 1.21 bits per heavy atom. The summed E-state index contributed by atoms with van der Waals surface area (Å²) in [5.74, 6) is 0.783. The Hall–Kier alpha value is -1.41. The van der Waals surface area contributed by atoms with Crippen molar-refractivity contribution in [1.82, 2.24) is 10.3 Å². The zero-order chi connectivity index (χ0) is 13.3. The molecule has 19 heavy (non-hydrogen) atoms. The Morgan fingerprint density at radius 2 is 2.00 bits per heavy atom. The molecule has 1 heterocycles. The van der Waals surface area contributed by atoms with Crippen LogP contribution in [-0.2, 0) is 6.54 Å². The van der Waals surface area contributed by atoms with Crippen LogP contribution in [-0.4, -0.2) is 11.5 Å². The van der Waals surface area contributed by atoms with Crippen LogP contribution in [0, 0.1) is 11.3 Å². The van der Waals surface area contributed by atoms with Crippen LogP contribution in [0.4, 0.5) is 0 Å². The summed E-state index contributed by atoms with van der Waals surface area (Å²) in [5, 5.41) is 4.87. The molecule has 2 nitrogen and oxygen atoms in total. The molecule has 0 amide bonds. The lowest BCUT2D eigenvalue weighted by Gasteiger charge is -2.20. The minimum absolute atomic E-state index is 0.567. The summed E-state index contributed by atoms with van der Waals surface area (Å²) in [6, 6.07) is 10.6. The van der Waals surface area contributed by atoms with Crippen molar-refractivity contribution < 1.29 is 0 Å². The smallest absolute Gasteiger partial charge is 0.0746 e. The second-order valence-electron chi connectivity index (χ2n) is 6.11. The Labute approximate surface area is 115 Å². The third-order valence-electron chi connectivity index (χ3n) is 4.63. The van der Waals surface area contributed by atoms with Gasteiger partial charge in [-0.15, -0.1) is 0 Å². The second kappa shape index (κ2) is 4.93. The predicted molar refractivity (Wildman–Crippen MR) is 80.0 cm³/mol. The van der Waals surface area contributed by atoms with Crippen LogP contribution in [0.25, 0.3) is 10.9 Å². The molecule has 1 aliphatic carbocycles. The summed E-state index contributed by atoms with van der Waals surface area (Å²) in [4.78, 5) is 4.51. The van der Waals surface area contributed by atoms with Crippen molar-refractivity contribution in [1.29, 1.82) is 0 Å². The number of fused-ring (bicyclic) bond motifs is 1. The van der Waals surface area contributed by atoms with E-state index in [2.05, 4.69) is 48.4 Å². The molecule has 1 N–H and O–H groups in total. The van der Waals surface area contributed by atoms with Crippen LogP contribution in [0.15, 0.2) is 36.5 Å². The van der Waals surface area contributed by atoms with E-state index in [4.69, 9.17) is 0 Å². The number of benzene rings is 1. The van der Waals surface area contributed by atoms with Crippen molar-refractivity contribution in [2.75, 3.05) is 6.54 Å². The van der Waals surface area contributed by atoms with Crippen molar-refractivity contribution in [3.63, 3.8) is 0 Å². The van der Waals surface area contributed by atoms with E-state index in [9.17, 15) is 0 Å². The lowest BCUT2D eigenvalue weighted by Crippen LogP contribution is -2.27. The van der Waals surface area contributed by atoms with Crippen LogP contribution >= 0.6 is 0 Å². The normalized spacial score (nSPS) is 17.0. The third-order valence-corrected chi connectivity index (χ3v) is 4.63. The summed E-state index contributed by atoms with van der Waals surface area (Å²) >= 11 is 0. The molecule has 100 valence electrons. The Bertz CT molecular complexity index is 565. The van der Waals surface area contributed by atoms with E-state index in [0.717, 1.165) is 24.5 Å². The van der Waals surface area contributed by atoms with Gasteiger partial charge in [-0.05, 0) is 35.8 Å². The Kier molecular flexibility index (Phi) is 3.28. The molecule has 0 spiro atoms. The first-order valence-electron chi connectivity index (χ1n) is 7.25. The minimum atomic E-state index is 0.567. The van der Waals surface area contributed by atoms with Gasteiger partial charge in [-0.25, -0.2) is 0 Å². The van der Waals surface area contributed by atoms with Gasteiger partial charge in [0, 0.05) is 24.7 Å². The number of para-hydroxylation sites is 1. The van der Waals surface area contributed by atoms with Crippen LogP contribution in [0.2, 0.25) is 0 Å². The first-order chi connectivity index (χ1) is 9.21. The second-order valence-corrected chi connectivity index (χ2v) is 6.11. The summed E-state index contributed by atoms with van der Waals surface area (Å²) < 4.78 is 0. The van der Waals surface area contributed by atoms with Gasteiger partial charge in [0.25, 0.3) is 0 Å². The fourth-order valence-electron chi connectivity index (χ4n) is 2.87. The maximum absolute atomic E-state index is 4.51. The molecular weight excluding hydrogens is 232 g/mol. The number of nitrogens with zero attached hydrogens (tertiary/aromatic N) is 1. The van der Waals surface area contributed by atoms with E-state index in [-0.39, 0.29) is 0 Å². The monoisotopic (exact) mass is 254 g/mol. The molecule has 0 unspecified atom stereocenters. The number of hydrogen-bond acceptors (Lipinski definition) is 2. The van der Waals surface area contributed by atoms with E-state index >= 15 is 0 Å². The predicted octanol–water partition coefficient (Wildman–Crippen LogP) is 3.76. The molecule has 1 aromatic carbocycles. The summed E-state index contributed by atoms with van der Waals surface area (Å²) in [7, 11) is 0. The molecule has 1 aliphatic rings. The molecule has 1 fully saturated rings. The number of pyridine rings is 1. The largest absolute Gasteiger partial charge is 0.312 e. The van der Waals surface area contributed by atoms with Gasteiger partial charge < -0.3 is 5.32 Å². The van der Waals surface area contributed by atoms with Crippen molar-refractivity contribution in [3.8, 4) is 0 Å². The zero-order valence-corrected chi connectivity index (χ0v) is 11.8. The van der Waals surface area contributed by atoms with Gasteiger partial charge in [0.15, 0.2) is 0 Å². The van der Waals surface area contributed by atoms with Gasteiger partial charge in [-0.1, -0.05) is 38.1 Å². The minimum Gasteiger partial charge on any atom is -0.312 e. The van der Waals surface area contributed by atoms with Gasteiger partial charge in [-0.2, -0.15) is 0 Å².